The van der Waals surface area contributed by atoms with Crippen LogP contribution >= 0.6 is 0 Å². The highest BCUT2D eigenvalue weighted by Gasteiger charge is 2.12. The molecule has 0 spiro atoms. The average molecular weight is 347 g/mol. The third-order valence-electron chi connectivity index (χ3n) is 3.93. The van der Waals surface area contributed by atoms with E-state index in [0.29, 0.717) is 29.7 Å². The number of hydrogen-bond donors (Lipinski definition) is 1. The monoisotopic (exact) mass is 347 g/mol. The van der Waals surface area contributed by atoms with Gasteiger partial charge in [0.2, 0.25) is 10.3 Å². The van der Waals surface area contributed by atoms with Crippen LogP contribution in [0, 0.1) is 0 Å². The summed E-state index contributed by atoms with van der Waals surface area (Å²) in [5, 5.41) is 10.6. The number of carbonyl (C=O) groups is 1. The highest BCUT2D eigenvalue weighted by molar-refractivity contribution is 7.73. The normalized spacial score (nSPS) is 10.6. The first-order valence-corrected chi connectivity index (χ1v) is 8.85. The number of carboxylic acid groups (broad SMARTS) is 1. The Balaban J connectivity index is 2.43. The van der Waals surface area contributed by atoms with Crippen molar-refractivity contribution >= 4 is 37.6 Å². The zero-order chi connectivity index (χ0) is 17.7. The topological polar surface area (TPSA) is 74.7 Å². The lowest BCUT2D eigenvalue weighted by Gasteiger charge is -2.17. The van der Waals surface area contributed by atoms with Gasteiger partial charge in [-0.1, -0.05) is 30.3 Å². The molecular formula is C18H21NO4S. The van der Waals surface area contributed by atoms with Crippen molar-refractivity contribution < 1.29 is 18.3 Å². The summed E-state index contributed by atoms with van der Waals surface area (Å²) < 4.78 is 23.5. The lowest BCUT2D eigenvalue weighted by molar-refractivity contribution is -0.137. The molecule has 0 radical (unpaired) electrons. The maximum atomic E-state index is 11.7. The Kier molecular flexibility index (Phi) is 5.98. The molecule has 0 unspecified atom stereocenters. The van der Waals surface area contributed by atoms with Gasteiger partial charge in [0.15, 0.2) is 0 Å². The zero-order valence-electron chi connectivity index (χ0n) is 13.8. The van der Waals surface area contributed by atoms with Crippen LogP contribution in [-0.4, -0.2) is 38.5 Å². The van der Waals surface area contributed by atoms with E-state index >= 15 is 0 Å². The molecule has 6 heteroatoms. The van der Waals surface area contributed by atoms with Gasteiger partial charge in [-0.2, -0.15) is 8.42 Å². The summed E-state index contributed by atoms with van der Waals surface area (Å²) >= 11 is 0. The van der Waals surface area contributed by atoms with Crippen LogP contribution in [-0.2, 0) is 15.1 Å². The van der Waals surface area contributed by atoms with Gasteiger partial charge in [0.1, 0.15) is 0 Å². The highest BCUT2D eigenvalue weighted by atomic mass is 32.2. The summed E-state index contributed by atoms with van der Waals surface area (Å²) in [7, 11) is 1.56. The van der Waals surface area contributed by atoms with Gasteiger partial charge < -0.3 is 10.0 Å². The molecule has 2 rings (SSSR count). The molecule has 24 heavy (non-hydrogen) atoms. The molecule has 2 aromatic rings. The van der Waals surface area contributed by atoms with Crippen LogP contribution in [0.15, 0.2) is 36.4 Å². The van der Waals surface area contributed by atoms with E-state index < -0.39 is 16.3 Å². The van der Waals surface area contributed by atoms with Crippen molar-refractivity contribution in [3.63, 3.8) is 0 Å². The third kappa shape index (κ3) is 4.14. The lowest BCUT2D eigenvalue weighted by atomic mass is 9.98. The highest BCUT2D eigenvalue weighted by Crippen LogP contribution is 2.28. The second kappa shape index (κ2) is 7.97. The first kappa shape index (κ1) is 18.0. The number of carboxylic acids is 1. The van der Waals surface area contributed by atoms with Crippen molar-refractivity contribution in [1.82, 2.24) is 0 Å². The van der Waals surface area contributed by atoms with Crippen LogP contribution in [0.2, 0.25) is 0 Å². The van der Waals surface area contributed by atoms with Crippen LogP contribution in [0.3, 0.4) is 0 Å². The molecule has 0 aliphatic rings. The van der Waals surface area contributed by atoms with Gasteiger partial charge in [0, 0.05) is 37.2 Å². The number of aliphatic carboxylic acids is 1. The Hall–Kier alpha value is -2.34. The minimum atomic E-state index is -2.34. The zero-order valence-corrected chi connectivity index (χ0v) is 14.6. The van der Waals surface area contributed by atoms with E-state index in [1.807, 2.05) is 55.4 Å². The molecule has 0 atom stereocenters. The van der Waals surface area contributed by atoms with E-state index in [0.717, 1.165) is 16.5 Å². The summed E-state index contributed by atoms with van der Waals surface area (Å²) in [6.45, 7) is 0. The molecule has 0 saturated heterocycles. The summed E-state index contributed by atoms with van der Waals surface area (Å²) in [5.41, 5.74) is 1.72. The number of benzene rings is 2. The fraction of sp³-hybridized carbons (Fsp3) is 0.333. The van der Waals surface area contributed by atoms with Gasteiger partial charge in [0.25, 0.3) is 0 Å². The Morgan fingerprint density at radius 1 is 1.00 bits per heavy atom. The van der Waals surface area contributed by atoms with Crippen LogP contribution < -0.4 is 4.90 Å². The van der Waals surface area contributed by atoms with Crippen LogP contribution in [0.25, 0.3) is 10.8 Å². The maximum Gasteiger partial charge on any atom is 0.303 e. The number of anilines is 1. The number of rotatable bonds is 7. The quantitative estimate of drug-likeness (QED) is 0.473. The van der Waals surface area contributed by atoms with Gasteiger partial charge in [-0.3, -0.25) is 4.79 Å². The molecule has 0 amide bonds. The van der Waals surface area contributed by atoms with E-state index in [1.165, 1.54) is 0 Å². The van der Waals surface area contributed by atoms with Gasteiger partial charge in [-0.15, -0.1) is 0 Å². The minimum Gasteiger partial charge on any atom is -0.481 e. The van der Waals surface area contributed by atoms with Crippen molar-refractivity contribution in [3.05, 3.63) is 42.0 Å². The summed E-state index contributed by atoms with van der Waals surface area (Å²) in [6, 6.07) is 11.5. The second-order valence-electron chi connectivity index (χ2n) is 5.83. The number of nitrogens with zero attached hydrogens (tertiary/aromatic N) is 1. The van der Waals surface area contributed by atoms with E-state index in [4.69, 9.17) is 5.11 Å². The van der Waals surface area contributed by atoms with E-state index in [-0.39, 0.29) is 6.42 Å². The van der Waals surface area contributed by atoms with Crippen LogP contribution in [0.5, 0.6) is 0 Å². The summed E-state index contributed by atoms with van der Waals surface area (Å²) in [4.78, 5) is 12.9. The molecule has 0 fully saturated rings. The van der Waals surface area contributed by atoms with Gasteiger partial charge in [-0.25, -0.2) is 0 Å². The summed E-state index contributed by atoms with van der Waals surface area (Å²) in [6.07, 6.45) is 1.39. The molecule has 0 heterocycles. The van der Waals surface area contributed by atoms with Crippen molar-refractivity contribution in [2.24, 2.45) is 0 Å². The molecule has 0 bridgehead atoms. The number of fused-ring (bicyclic) bond motifs is 1. The second-order valence-corrected chi connectivity index (χ2v) is 6.79. The molecule has 128 valence electrons. The lowest BCUT2D eigenvalue weighted by Crippen LogP contribution is -2.10. The Labute approximate surface area is 143 Å². The van der Waals surface area contributed by atoms with Crippen molar-refractivity contribution in [2.45, 2.75) is 25.7 Å². The smallest absolute Gasteiger partial charge is 0.303 e. The molecule has 1 N–H and O–H groups in total. The van der Waals surface area contributed by atoms with Crippen molar-refractivity contribution in [3.8, 4) is 0 Å². The van der Waals surface area contributed by atoms with Gasteiger partial charge in [-0.05, 0) is 30.7 Å². The number of unbranched alkanes of at least 4 members (excludes halogenated alkanes) is 1. The molecule has 5 nitrogen and oxygen atoms in total. The fourth-order valence-electron chi connectivity index (χ4n) is 2.80. The Morgan fingerprint density at radius 3 is 2.25 bits per heavy atom. The molecule has 0 aliphatic carbocycles. The fourth-order valence-corrected chi connectivity index (χ4v) is 3.46. The van der Waals surface area contributed by atoms with E-state index in [1.54, 1.807) is 0 Å². The van der Waals surface area contributed by atoms with Gasteiger partial charge >= 0.3 is 5.97 Å². The van der Waals surface area contributed by atoms with Gasteiger partial charge in [0.05, 0.1) is 4.86 Å². The molecule has 0 saturated carbocycles. The van der Waals surface area contributed by atoms with Crippen molar-refractivity contribution in [1.29, 1.82) is 0 Å². The predicted molar refractivity (Wildman–Crippen MR) is 97.4 cm³/mol. The summed E-state index contributed by atoms with van der Waals surface area (Å²) in [5.74, 6) is -0.861. The van der Waals surface area contributed by atoms with Crippen LogP contribution in [0.4, 0.5) is 5.69 Å². The third-order valence-corrected chi connectivity index (χ3v) is 4.75. The first-order chi connectivity index (χ1) is 11.4. The predicted octanol–water partition coefficient (Wildman–Crippen LogP) is 2.95. The largest absolute Gasteiger partial charge is 0.481 e. The Morgan fingerprint density at radius 2 is 1.62 bits per heavy atom. The SMILES string of the molecule is CN(C)c1cccc2c(C(CCCCC(=O)O)=S(=O)=O)cccc12. The Bertz CT molecular complexity index is 877. The maximum absolute atomic E-state index is 11.7. The van der Waals surface area contributed by atoms with Crippen LogP contribution in [0.1, 0.15) is 31.2 Å². The molecular weight excluding hydrogens is 326 g/mol. The number of hydrogen-bond acceptors (Lipinski definition) is 4. The standard InChI is InChI=1S/C18H21NO4S/c1-19(2)16-10-6-7-13-14(16)8-5-9-15(13)17(24(22)23)11-3-4-12-18(20)21/h5-10H,3-4,11-12H2,1-2H3,(H,20,21). The average Bonchev–Trinajstić information content (AvgIpc) is 2.53. The molecule has 0 aliphatic heterocycles. The molecule has 0 aromatic heterocycles. The molecule has 2 aromatic carbocycles. The van der Waals surface area contributed by atoms with Crippen molar-refractivity contribution in [2.75, 3.05) is 19.0 Å². The van der Waals surface area contributed by atoms with E-state index in [9.17, 15) is 13.2 Å². The first-order valence-electron chi connectivity index (χ1n) is 7.78. The van der Waals surface area contributed by atoms with E-state index in [2.05, 4.69) is 0 Å². The minimum absolute atomic E-state index is 0.0546.